The predicted molar refractivity (Wildman–Crippen MR) is 79.9 cm³/mol. The van der Waals surface area contributed by atoms with Crippen molar-refractivity contribution in [3.63, 3.8) is 0 Å². The maximum absolute atomic E-state index is 12.5. The van der Waals surface area contributed by atoms with Crippen molar-refractivity contribution in [3.8, 4) is 0 Å². The third kappa shape index (κ3) is 1.64. The maximum atomic E-state index is 12.5. The van der Waals surface area contributed by atoms with Crippen molar-refractivity contribution in [2.24, 2.45) is 0 Å². The highest BCUT2D eigenvalue weighted by atomic mass is 32.1. The topological polar surface area (TPSA) is 47.3 Å². The summed E-state index contributed by atoms with van der Waals surface area (Å²) in [6.07, 6.45) is 5.30. The summed E-state index contributed by atoms with van der Waals surface area (Å²) < 4.78 is 2.36. The smallest absolute Gasteiger partial charge is 0.267 e. The lowest BCUT2D eigenvalue weighted by Crippen LogP contribution is -2.22. The van der Waals surface area contributed by atoms with E-state index in [9.17, 15) is 4.79 Å². The van der Waals surface area contributed by atoms with Crippen molar-refractivity contribution >= 4 is 33.4 Å². The predicted octanol–water partition coefficient (Wildman–Crippen LogP) is 1.85. The SMILES string of the molecule is O=c1c(=Cc2ccncc2)sc2nc3ccccc3n12. The molecule has 1 aromatic carbocycles. The van der Waals surface area contributed by atoms with E-state index in [0.717, 1.165) is 21.6 Å². The Morgan fingerprint density at radius 3 is 2.75 bits per heavy atom. The van der Waals surface area contributed by atoms with Crippen LogP contribution in [0.15, 0.2) is 53.6 Å². The normalized spacial score (nSPS) is 12.5. The van der Waals surface area contributed by atoms with Crippen molar-refractivity contribution in [1.29, 1.82) is 0 Å². The van der Waals surface area contributed by atoms with E-state index in [-0.39, 0.29) is 5.56 Å². The van der Waals surface area contributed by atoms with E-state index >= 15 is 0 Å². The molecule has 0 saturated carbocycles. The molecule has 0 aliphatic rings. The third-order valence-electron chi connectivity index (χ3n) is 3.15. The summed E-state index contributed by atoms with van der Waals surface area (Å²) in [5.41, 5.74) is 2.66. The first kappa shape index (κ1) is 11.3. The number of hydrogen-bond acceptors (Lipinski definition) is 4. The van der Waals surface area contributed by atoms with Crippen molar-refractivity contribution in [2.75, 3.05) is 0 Å². The first-order valence-electron chi connectivity index (χ1n) is 6.15. The summed E-state index contributed by atoms with van der Waals surface area (Å²) in [6, 6.07) is 11.4. The molecule has 4 rings (SSSR count). The van der Waals surface area contributed by atoms with Gasteiger partial charge in [0, 0.05) is 12.4 Å². The fourth-order valence-corrected chi connectivity index (χ4v) is 3.21. The Bertz CT molecular complexity index is 1020. The molecule has 0 bridgehead atoms. The molecule has 0 atom stereocenters. The Labute approximate surface area is 117 Å². The number of nitrogens with zero attached hydrogens (tertiary/aromatic N) is 3. The van der Waals surface area contributed by atoms with Crippen LogP contribution >= 0.6 is 11.3 Å². The van der Waals surface area contributed by atoms with Crippen LogP contribution in [0, 0.1) is 0 Å². The standard InChI is InChI=1S/C15H9N3OS/c19-14-13(9-10-5-7-16-8-6-10)20-15-17-11-3-1-2-4-12(11)18(14)15/h1-9H. The Morgan fingerprint density at radius 1 is 1.10 bits per heavy atom. The zero-order valence-corrected chi connectivity index (χ0v) is 11.2. The van der Waals surface area contributed by atoms with E-state index in [1.165, 1.54) is 11.3 Å². The molecule has 3 aromatic heterocycles. The molecular formula is C15H9N3OS. The second kappa shape index (κ2) is 4.25. The van der Waals surface area contributed by atoms with Gasteiger partial charge in [0.15, 0.2) is 4.96 Å². The van der Waals surface area contributed by atoms with Crippen LogP contribution < -0.4 is 10.1 Å². The van der Waals surface area contributed by atoms with E-state index in [1.54, 1.807) is 16.8 Å². The molecule has 0 unspecified atom stereocenters. The second-order valence-electron chi connectivity index (χ2n) is 4.41. The first-order valence-corrected chi connectivity index (χ1v) is 6.96. The number of rotatable bonds is 1. The molecule has 3 heterocycles. The lowest BCUT2D eigenvalue weighted by Gasteiger charge is -1.88. The molecule has 96 valence electrons. The average Bonchev–Trinajstić information content (AvgIpc) is 2.98. The van der Waals surface area contributed by atoms with Crippen LogP contribution in [0.4, 0.5) is 0 Å². The van der Waals surface area contributed by atoms with Gasteiger partial charge in [-0.1, -0.05) is 23.5 Å². The summed E-state index contributed by atoms with van der Waals surface area (Å²) in [4.78, 5) is 21.7. The molecule has 0 aliphatic heterocycles. The third-order valence-corrected chi connectivity index (χ3v) is 4.12. The van der Waals surface area contributed by atoms with Gasteiger partial charge in [-0.3, -0.25) is 9.78 Å². The Kier molecular flexibility index (Phi) is 2.40. The number of benzene rings is 1. The minimum absolute atomic E-state index is 0.0180. The number of aromatic nitrogens is 3. The van der Waals surface area contributed by atoms with Crippen LogP contribution in [-0.4, -0.2) is 14.4 Å². The summed E-state index contributed by atoms with van der Waals surface area (Å²) in [7, 11) is 0. The van der Waals surface area contributed by atoms with Crippen molar-refractivity contribution in [1.82, 2.24) is 14.4 Å². The van der Waals surface area contributed by atoms with E-state index in [1.807, 2.05) is 42.5 Å². The average molecular weight is 279 g/mol. The summed E-state index contributed by atoms with van der Waals surface area (Å²) >= 11 is 1.41. The fourth-order valence-electron chi connectivity index (χ4n) is 2.22. The molecule has 4 nitrogen and oxygen atoms in total. The zero-order valence-electron chi connectivity index (χ0n) is 10.4. The minimum atomic E-state index is -0.0180. The summed E-state index contributed by atoms with van der Waals surface area (Å²) in [5.74, 6) is 0. The van der Waals surface area contributed by atoms with Gasteiger partial charge in [-0.25, -0.2) is 9.38 Å². The molecule has 4 aromatic rings. The van der Waals surface area contributed by atoms with Crippen molar-refractivity contribution in [3.05, 3.63) is 69.2 Å². The van der Waals surface area contributed by atoms with Crippen LogP contribution in [0.2, 0.25) is 0 Å². The van der Waals surface area contributed by atoms with E-state index in [2.05, 4.69) is 9.97 Å². The van der Waals surface area contributed by atoms with Crippen LogP contribution in [0.25, 0.3) is 22.1 Å². The minimum Gasteiger partial charge on any atom is -0.267 e. The van der Waals surface area contributed by atoms with Gasteiger partial charge in [0.05, 0.1) is 15.6 Å². The number of para-hydroxylation sites is 2. The zero-order chi connectivity index (χ0) is 13.5. The molecule has 20 heavy (non-hydrogen) atoms. The molecular weight excluding hydrogens is 270 g/mol. The van der Waals surface area contributed by atoms with Gasteiger partial charge in [0.1, 0.15) is 0 Å². The van der Waals surface area contributed by atoms with Crippen LogP contribution in [0.1, 0.15) is 5.56 Å². The van der Waals surface area contributed by atoms with Gasteiger partial charge in [-0.2, -0.15) is 0 Å². The molecule has 0 aliphatic carbocycles. The molecule has 0 spiro atoms. The van der Waals surface area contributed by atoms with E-state index in [4.69, 9.17) is 0 Å². The number of pyridine rings is 1. The van der Waals surface area contributed by atoms with Gasteiger partial charge in [0.25, 0.3) is 5.56 Å². The highest BCUT2D eigenvalue weighted by Gasteiger charge is 2.10. The molecule has 0 radical (unpaired) electrons. The van der Waals surface area contributed by atoms with Gasteiger partial charge in [-0.05, 0) is 35.9 Å². The van der Waals surface area contributed by atoms with Crippen molar-refractivity contribution < 1.29 is 0 Å². The molecule has 0 saturated heterocycles. The quantitative estimate of drug-likeness (QED) is 0.534. The van der Waals surface area contributed by atoms with Crippen LogP contribution in [0.3, 0.4) is 0 Å². The molecule has 0 fully saturated rings. The number of fused-ring (bicyclic) bond motifs is 3. The molecule has 0 amide bonds. The summed E-state index contributed by atoms with van der Waals surface area (Å²) in [5, 5.41) is 0. The van der Waals surface area contributed by atoms with Gasteiger partial charge < -0.3 is 0 Å². The maximum Gasteiger partial charge on any atom is 0.274 e. The number of imidazole rings is 1. The highest BCUT2D eigenvalue weighted by Crippen LogP contribution is 2.15. The number of thiazole rings is 1. The Morgan fingerprint density at radius 2 is 1.90 bits per heavy atom. The summed E-state index contributed by atoms with van der Waals surface area (Å²) in [6.45, 7) is 0. The Balaban J connectivity index is 2.06. The van der Waals surface area contributed by atoms with Crippen molar-refractivity contribution in [2.45, 2.75) is 0 Å². The first-order chi connectivity index (χ1) is 9.83. The molecule has 5 heteroatoms. The van der Waals surface area contributed by atoms with Crippen LogP contribution in [-0.2, 0) is 0 Å². The fraction of sp³-hybridized carbons (Fsp3) is 0. The lowest BCUT2D eigenvalue weighted by atomic mass is 10.2. The van der Waals surface area contributed by atoms with E-state index < -0.39 is 0 Å². The van der Waals surface area contributed by atoms with Gasteiger partial charge in [-0.15, -0.1) is 0 Å². The molecule has 0 N–H and O–H groups in total. The van der Waals surface area contributed by atoms with Gasteiger partial charge >= 0.3 is 0 Å². The van der Waals surface area contributed by atoms with E-state index in [0.29, 0.717) is 4.53 Å². The van der Waals surface area contributed by atoms with Gasteiger partial charge in [0.2, 0.25) is 0 Å². The number of hydrogen-bond donors (Lipinski definition) is 0. The lowest BCUT2D eigenvalue weighted by molar-refractivity contribution is 1.19. The van der Waals surface area contributed by atoms with Crippen LogP contribution in [0.5, 0.6) is 0 Å². The monoisotopic (exact) mass is 279 g/mol. The second-order valence-corrected chi connectivity index (χ2v) is 5.42. The highest BCUT2D eigenvalue weighted by molar-refractivity contribution is 7.15. The largest absolute Gasteiger partial charge is 0.274 e. The Hall–Kier alpha value is -2.53.